The summed E-state index contributed by atoms with van der Waals surface area (Å²) in [7, 11) is 2.80. The largest absolute Gasteiger partial charge is 0.377 e. The van der Waals surface area contributed by atoms with Crippen LogP contribution < -0.4 is 5.69 Å². The maximum atomic E-state index is 13.5. The van der Waals surface area contributed by atoms with Crippen LogP contribution in [0.15, 0.2) is 23.0 Å². The number of halogens is 2. The first-order valence-corrected chi connectivity index (χ1v) is 5.14. The number of rotatable bonds is 1. The van der Waals surface area contributed by atoms with Gasteiger partial charge in [0.2, 0.25) is 0 Å². The zero-order valence-electron chi connectivity index (χ0n) is 10.0. The van der Waals surface area contributed by atoms with Gasteiger partial charge >= 0.3 is 11.7 Å². The Morgan fingerprint density at radius 2 is 1.79 bits per heavy atom. The molecular formula is C10H9F2N5O2. The van der Waals surface area contributed by atoms with Crippen molar-refractivity contribution in [1.82, 2.24) is 24.7 Å². The standard InChI is InChI=1S/C10H9F2N5O2/c1-15(2)9(18)17-10(19)16(13-14-17)8-6(11)4-3-5-7(8)12/h3-5H,1-2H3. The van der Waals surface area contributed by atoms with Crippen LogP contribution in [0.1, 0.15) is 0 Å². The van der Waals surface area contributed by atoms with E-state index >= 15 is 0 Å². The second-order valence-electron chi connectivity index (χ2n) is 3.83. The van der Waals surface area contributed by atoms with Crippen molar-refractivity contribution in [3.63, 3.8) is 0 Å². The Morgan fingerprint density at radius 1 is 1.21 bits per heavy atom. The molecule has 0 aliphatic rings. The third-order valence-electron chi connectivity index (χ3n) is 2.29. The van der Waals surface area contributed by atoms with Gasteiger partial charge in [0, 0.05) is 14.1 Å². The number of benzene rings is 1. The highest BCUT2D eigenvalue weighted by Crippen LogP contribution is 2.14. The molecule has 0 atom stereocenters. The molecule has 0 spiro atoms. The van der Waals surface area contributed by atoms with Crippen molar-refractivity contribution in [3.8, 4) is 5.69 Å². The van der Waals surface area contributed by atoms with Gasteiger partial charge in [0.15, 0.2) is 11.6 Å². The zero-order valence-corrected chi connectivity index (χ0v) is 10.0. The Kier molecular flexibility index (Phi) is 3.11. The molecule has 9 heteroatoms. The summed E-state index contributed by atoms with van der Waals surface area (Å²) in [6.45, 7) is 0. The normalized spacial score (nSPS) is 10.5. The predicted molar refractivity (Wildman–Crippen MR) is 60.0 cm³/mol. The molecule has 2 aromatic rings. The van der Waals surface area contributed by atoms with E-state index in [1.54, 1.807) is 0 Å². The maximum Gasteiger partial charge on any atom is 0.377 e. The van der Waals surface area contributed by atoms with Crippen LogP contribution in [-0.2, 0) is 0 Å². The number of hydrogen-bond acceptors (Lipinski definition) is 4. The molecule has 0 bridgehead atoms. The Labute approximate surface area is 105 Å². The van der Waals surface area contributed by atoms with Crippen molar-refractivity contribution in [1.29, 1.82) is 0 Å². The number of para-hydroxylation sites is 1. The molecule has 0 unspecified atom stereocenters. The summed E-state index contributed by atoms with van der Waals surface area (Å²) in [6, 6.07) is 2.32. The highest BCUT2D eigenvalue weighted by Gasteiger charge is 2.20. The minimum absolute atomic E-state index is 0.395. The molecule has 0 aliphatic carbocycles. The lowest BCUT2D eigenvalue weighted by Crippen LogP contribution is -2.37. The first kappa shape index (κ1) is 12.9. The van der Waals surface area contributed by atoms with Crippen LogP contribution in [0.4, 0.5) is 13.6 Å². The number of carbonyl (C=O) groups is 1. The van der Waals surface area contributed by atoms with Gasteiger partial charge in [-0.25, -0.2) is 18.4 Å². The first-order valence-electron chi connectivity index (χ1n) is 5.14. The lowest BCUT2D eigenvalue weighted by Gasteiger charge is -2.06. The molecule has 2 rings (SSSR count). The lowest BCUT2D eigenvalue weighted by molar-refractivity contribution is 0.214. The molecule has 0 N–H and O–H groups in total. The average Bonchev–Trinajstić information content (AvgIpc) is 2.70. The predicted octanol–water partition coefficient (Wildman–Crippen LogP) is 0.237. The Bertz CT molecular complexity index is 671. The van der Waals surface area contributed by atoms with Gasteiger partial charge in [0.1, 0.15) is 5.69 Å². The van der Waals surface area contributed by atoms with Crippen molar-refractivity contribution in [3.05, 3.63) is 40.3 Å². The quantitative estimate of drug-likeness (QED) is 0.695. The van der Waals surface area contributed by atoms with Gasteiger partial charge < -0.3 is 4.90 Å². The van der Waals surface area contributed by atoms with E-state index in [1.165, 1.54) is 14.1 Å². The molecular weight excluding hydrogens is 260 g/mol. The van der Waals surface area contributed by atoms with E-state index in [4.69, 9.17) is 0 Å². The summed E-state index contributed by atoms with van der Waals surface area (Å²) in [5.41, 5.74) is -1.73. The molecule has 1 amide bonds. The van der Waals surface area contributed by atoms with Gasteiger partial charge in [0.25, 0.3) is 0 Å². The summed E-state index contributed by atoms with van der Waals surface area (Å²) < 4.78 is 27.8. The number of amides is 1. The Hall–Kier alpha value is -2.58. The van der Waals surface area contributed by atoms with Gasteiger partial charge in [-0.2, -0.15) is 4.68 Å². The fourth-order valence-electron chi connectivity index (χ4n) is 1.39. The minimum atomic E-state index is -1.05. The maximum absolute atomic E-state index is 13.5. The zero-order chi connectivity index (χ0) is 14.2. The van der Waals surface area contributed by atoms with Crippen LogP contribution in [0.25, 0.3) is 5.69 Å². The molecule has 0 radical (unpaired) electrons. The molecule has 0 saturated heterocycles. The van der Waals surface area contributed by atoms with Crippen LogP contribution in [0, 0.1) is 11.6 Å². The SMILES string of the molecule is CN(C)C(=O)n1nnn(-c2c(F)cccc2F)c1=O. The van der Waals surface area contributed by atoms with E-state index in [2.05, 4.69) is 10.4 Å². The molecule has 1 heterocycles. The number of carbonyl (C=O) groups excluding carboxylic acids is 1. The molecule has 7 nitrogen and oxygen atoms in total. The molecule has 0 aliphatic heterocycles. The monoisotopic (exact) mass is 269 g/mol. The second kappa shape index (κ2) is 4.59. The van der Waals surface area contributed by atoms with Crippen LogP contribution >= 0.6 is 0 Å². The lowest BCUT2D eigenvalue weighted by atomic mass is 10.3. The van der Waals surface area contributed by atoms with Gasteiger partial charge in [-0.3, -0.25) is 0 Å². The van der Waals surface area contributed by atoms with Crippen molar-refractivity contribution in [2.75, 3.05) is 14.1 Å². The number of tetrazole rings is 1. The smallest absolute Gasteiger partial charge is 0.329 e. The topological polar surface area (TPSA) is 73.0 Å². The number of hydrogen-bond donors (Lipinski definition) is 0. The Morgan fingerprint density at radius 3 is 2.32 bits per heavy atom. The van der Waals surface area contributed by atoms with Crippen LogP contribution in [-0.4, -0.2) is 44.8 Å². The summed E-state index contributed by atoms with van der Waals surface area (Å²) in [4.78, 5) is 24.5. The van der Waals surface area contributed by atoms with Gasteiger partial charge in [-0.05, 0) is 22.6 Å². The van der Waals surface area contributed by atoms with E-state index in [0.717, 1.165) is 23.1 Å². The van der Waals surface area contributed by atoms with Crippen LogP contribution in [0.5, 0.6) is 0 Å². The van der Waals surface area contributed by atoms with Crippen molar-refractivity contribution >= 4 is 6.03 Å². The van der Waals surface area contributed by atoms with E-state index < -0.39 is 29.0 Å². The average molecular weight is 269 g/mol. The molecule has 1 aromatic carbocycles. The van der Waals surface area contributed by atoms with E-state index in [0.29, 0.717) is 9.36 Å². The number of aromatic nitrogens is 4. The summed E-state index contributed by atoms with van der Waals surface area (Å²) in [6.07, 6.45) is 0. The van der Waals surface area contributed by atoms with Gasteiger partial charge in [-0.1, -0.05) is 6.07 Å². The molecule has 19 heavy (non-hydrogen) atoms. The van der Waals surface area contributed by atoms with Crippen molar-refractivity contribution < 1.29 is 13.6 Å². The van der Waals surface area contributed by atoms with Gasteiger partial charge in [-0.15, -0.1) is 4.68 Å². The molecule has 0 saturated carbocycles. The van der Waals surface area contributed by atoms with Crippen molar-refractivity contribution in [2.24, 2.45) is 0 Å². The van der Waals surface area contributed by atoms with Gasteiger partial charge in [0.05, 0.1) is 0 Å². The van der Waals surface area contributed by atoms with Crippen LogP contribution in [0.2, 0.25) is 0 Å². The fraction of sp³-hybridized carbons (Fsp3) is 0.200. The van der Waals surface area contributed by atoms with Crippen molar-refractivity contribution in [2.45, 2.75) is 0 Å². The second-order valence-corrected chi connectivity index (χ2v) is 3.83. The van der Waals surface area contributed by atoms with E-state index in [-0.39, 0.29) is 0 Å². The molecule has 0 fully saturated rings. The van der Waals surface area contributed by atoms with Crippen LogP contribution in [0.3, 0.4) is 0 Å². The van der Waals surface area contributed by atoms with E-state index in [9.17, 15) is 18.4 Å². The minimum Gasteiger partial charge on any atom is -0.329 e. The first-order chi connectivity index (χ1) is 8.93. The highest BCUT2D eigenvalue weighted by molar-refractivity contribution is 5.74. The number of nitrogens with zero attached hydrogens (tertiary/aromatic N) is 5. The molecule has 100 valence electrons. The summed E-state index contributed by atoms with van der Waals surface area (Å²) >= 11 is 0. The highest BCUT2D eigenvalue weighted by atomic mass is 19.1. The third kappa shape index (κ3) is 2.09. The summed E-state index contributed by atoms with van der Waals surface area (Å²) in [5, 5.41) is 6.59. The third-order valence-corrected chi connectivity index (χ3v) is 2.29. The molecule has 1 aromatic heterocycles. The van der Waals surface area contributed by atoms with E-state index in [1.807, 2.05) is 0 Å². The Balaban J connectivity index is 2.61. The summed E-state index contributed by atoms with van der Waals surface area (Å²) in [5.74, 6) is -1.96. The fourth-order valence-corrected chi connectivity index (χ4v) is 1.39.